The summed E-state index contributed by atoms with van der Waals surface area (Å²) in [5.41, 5.74) is 5.69. The molecule has 230 valence electrons. The van der Waals surface area contributed by atoms with E-state index < -0.39 is 0 Å². The zero-order chi connectivity index (χ0) is 31.2. The van der Waals surface area contributed by atoms with E-state index in [-0.39, 0.29) is 13.2 Å². The molecule has 6 nitrogen and oxygen atoms in total. The summed E-state index contributed by atoms with van der Waals surface area (Å²) in [7, 11) is 7.78. The lowest BCUT2D eigenvalue weighted by Gasteiger charge is -2.19. The van der Waals surface area contributed by atoms with Gasteiger partial charge >= 0.3 is 0 Å². The lowest BCUT2D eigenvalue weighted by atomic mass is 10.1. The molecule has 1 aromatic heterocycles. The Balaban J connectivity index is 1.35. The predicted octanol–water partition coefficient (Wildman–Crippen LogP) is 6.75. The van der Waals surface area contributed by atoms with Gasteiger partial charge in [0.1, 0.15) is 6.61 Å². The lowest BCUT2D eigenvalue weighted by molar-refractivity contribution is -0.699. The fourth-order valence-electron chi connectivity index (χ4n) is 3.99. The monoisotopic (exact) mass is 627 g/mol. The van der Waals surface area contributed by atoms with Gasteiger partial charge in [-0.2, -0.15) is 4.57 Å². The molecule has 44 heavy (non-hydrogen) atoms. The number of allylic oxidation sites excluding steroid dienone is 5. The van der Waals surface area contributed by atoms with E-state index in [1.165, 1.54) is 5.69 Å². The topological polar surface area (TPSA) is 63.2 Å². The molecule has 0 saturated carbocycles. The van der Waals surface area contributed by atoms with Gasteiger partial charge in [-0.25, -0.2) is 0 Å². The van der Waals surface area contributed by atoms with Crippen LogP contribution in [-0.2, 0) is 6.54 Å². The molecule has 3 aromatic rings. The van der Waals surface area contributed by atoms with E-state index in [0.717, 1.165) is 34.8 Å². The molecule has 0 fully saturated rings. The Bertz CT molecular complexity index is 1410. The van der Waals surface area contributed by atoms with Gasteiger partial charge < -0.3 is 20.0 Å². The van der Waals surface area contributed by atoms with Crippen molar-refractivity contribution < 1.29 is 14.8 Å². The average molecular weight is 628 g/mol. The minimum atomic E-state index is 0.0749. The van der Waals surface area contributed by atoms with Crippen molar-refractivity contribution in [2.24, 2.45) is 4.99 Å². The third-order valence-corrected chi connectivity index (χ3v) is 8.43. The van der Waals surface area contributed by atoms with E-state index in [4.69, 9.17) is 5.11 Å². The predicted molar refractivity (Wildman–Crippen MR) is 194 cm³/mol. The van der Waals surface area contributed by atoms with E-state index in [1.807, 2.05) is 64.1 Å². The smallest absolute Gasteiger partial charge is 0.205 e. The second-order valence-corrected chi connectivity index (χ2v) is 12.1. The lowest BCUT2D eigenvalue weighted by Crippen LogP contribution is -2.38. The minimum Gasteiger partial charge on any atom is -0.394 e. The second-order valence-electron chi connectivity index (χ2n) is 9.70. The standard InChI is InChI=1S/C36H43N4O2S2/c1-38(34-17-12-32(13-18-34)10-6-4-3-5-8-22-37-23-28-41)26-30-43-44-31-27-39(2)35-19-14-33(15-20-35)16-21-36-11-7-9-24-40(36)25-29-42/h3-22,24,26,30,41-42H,23,25,27-29,31H2,1-2H3/q+1/b4-3+,8-5-,10-6+,30-26-,37-22?. The number of aromatic nitrogens is 1. The van der Waals surface area contributed by atoms with Crippen LogP contribution in [0.1, 0.15) is 16.8 Å². The molecule has 2 aromatic carbocycles. The Kier molecular flexibility index (Phi) is 16.5. The SMILES string of the molecule is CN(/C=C\SSCCN(C)c1ccc(/C=C/c2cccc[n+]2CCO)cc1)c1ccc(/C=C/C=C/C=C\C=NCCO)cc1. The maximum absolute atomic E-state index is 9.27. The van der Waals surface area contributed by atoms with Crippen molar-refractivity contribution in [3.63, 3.8) is 0 Å². The van der Waals surface area contributed by atoms with Gasteiger partial charge in [0.05, 0.1) is 13.2 Å². The van der Waals surface area contributed by atoms with Gasteiger partial charge in [0.2, 0.25) is 5.69 Å². The number of hydrogen-bond acceptors (Lipinski definition) is 7. The van der Waals surface area contributed by atoms with E-state index >= 15 is 0 Å². The third-order valence-electron chi connectivity index (χ3n) is 6.47. The van der Waals surface area contributed by atoms with E-state index in [9.17, 15) is 5.11 Å². The fourth-order valence-corrected chi connectivity index (χ4v) is 5.64. The molecule has 0 spiro atoms. The highest BCUT2D eigenvalue weighted by Gasteiger charge is 2.05. The van der Waals surface area contributed by atoms with Crippen molar-refractivity contribution >= 4 is 57.4 Å². The molecule has 0 aliphatic carbocycles. The number of hydrogen-bond donors (Lipinski definition) is 2. The van der Waals surface area contributed by atoms with Crippen LogP contribution in [0.15, 0.2) is 120 Å². The van der Waals surface area contributed by atoms with Crippen LogP contribution in [0.25, 0.3) is 18.2 Å². The normalized spacial score (nSPS) is 12.3. The van der Waals surface area contributed by atoms with E-state index in [2.05, 4.69) is 113 Å². The van der Waals surface area contributed by atoms with Crippen LogP contribution in [0.4, 0.5) is 11.4 Å². The first kappa shape index (κ1) is 34.7. The van der Waals surface area contributed by atoms with Crippen molar-refractivity contribution in [2.45, 2.75) is 6.54 Å². The first-order valence-corrected chi connectivity index (χ1v) is 17.0. The molecule has 1 heterocycles. The molecule has 0 unspecified atom stereocenters. The minimum absolute atomic E-state index is 0.0749. The Labute approximate surface area is 270 Å². The highest BCUT2D eigenvalue weighted by molar-refractivity contribution is 8.77. The molecule has 0 atom stereocenters. The summed E-state index contributed by atoms with van der Waals surface area (Å²) >= 11 is 0. The molecular weight excluding hydrogens is 585 g/mol. The zero-order valence-corrected chi connectivity index (χ0v) is 27.2. The maximum atomic E-state index is 9.27. The van der Waals surface area contributed by atoms with Crippen molar-refractivity contribution in [1.82, 2.24) is 0 Å². The molecule has 2 N–H and O–H groups in total. The highest BCUT2D eigenvalue weighted by atomic mass is 33.1. The van der Waals surface area contributed by atoms with Crippen LogP contribution in [-0.4, -0.2) is 62.6 Å². The maximum Gasteiger partial charge on any atom is 0.205 e. The summed E-state index contributed by atoms with van der Waals surface area (Å²) < 4.78 is 2.04. The van der Waals surface area contributed by atoms with Crippen molar-refractivity contribution in [3.05, 3.63) is 132 Å². The van der Waals surface area contributed by atoms with Gasteiger partial charge in [-0.05, 0) is 59.0 Å². The molecule has 0 radical (unpaired) electrons. The van der Waals surface area contributed by atoms with Crippen LogP contribution >= 0.6 is 21.6 Å². The zero-order valence-electron chi connectivity index (χ0n) is 25.5. The quantitative estimate of drug-likeness (QED) is 0.0535. The number of aliphatic hydroxyl groups excluding tert-OH is 2. The van der Waals surface area contributed by atoms with Crippen molar-refractivity contribution in [1.29, 1.82) is 0 Å². The number of aliphatic imine (C=N–C) groups is 1. The molecule has 3 rings (SSSR count). The summed E-state index contributed by atoms with van der Waals surface area (Å²) in [6.45, 7) is 2.18. The van der Waals surface area contributed by atoms with Crippen molar-refractivity contribution in [2.75, 3.05) is 56.0 Å². The van der Waals surface area contributed by atoms with E-state index in [1.54, 1.807) is 17.0 Å². The third kappa shape index (κ3) is 13.2. The molecule has 8 heteroatoms. The van der Waals surface area contributed by atoms with E-state index in [0.29, 0.717) is 13.1 Å². The number of nitrogens with zero attached hydrogens (tertiary/aromatic N) is 4. The van der Waals surface area contributed by atoms with Gasteiger partial charge in [-0.1, -0.05) is 76.2 Å². The van der Waals surface area contributed by atoms with Crippen LogP contribution in [0.2, 0.25) is 0 Å². The van der Waals surface area contributed by atoms with Gasteiger partial charge in [0.15, 0.2) is 12.7 Å². The Hall–Kier alpha value is -3.82. The molecule has 0 aliphatic rings. The summed E-state index contributed by atoms with van der Waals surface area (Å²) in [4.78, 5) is 8.41. The van der Waals surface area contributed by atoms with Crippen LogP contribution < -0.4 is 14.4 Å². The Morgan fingerprint density at radius 3 is 2.23 bits per heavy atom. The second kappa shape index (κ2) is 21.0. The molecule has 0 aliphatic heterocycles. The summed E-state index contributed by atoms with van der Waals surface area (Å²) in [6, 6.07) is 23.1. The fraction of sp³-hybridized carbons (Fsp3) is 0.222. The van der Waals surface area contributed by atoms with Gasteiger partial charge in [-0.3, -0.25) is 4.99 Å². The molecule has 0 bridgehead atoms. The van der Waals surface area contributed by atoms with Gasteiger partial charge in [-0.15, -0.1) is 0 Å². The number of rotatable bonds is 18. The largest absolute Gasteiger partial charge is 0.394 e. The Morgan fingerprint density at radius 2 is 1.48 bits per heavy atom. The summed E-state index contributed by atoms with van der Waals surface area (Å²) in [5.74, 6) is 1.01. The van der Waals surface area contributed by atoms with Crippen molar-refractivity contribution in [3.8, 4) is 0 Å². The number of anilines is 2. The average Bonchev–Trinajstić information content (AvgIpc) is 3.05. The van der Waals surface area contributed by atoms with Crippen LogP contribution in [0.5, 0.6) is 0 Å². The first-order chi connectivity index (χ1) is 21.6. The Morgan fingerprint density at radius 1 is 0.773 bits per heavy atom. The number of benzene rings is 2. The highest BCUT2D eigenvalue weighted by Crippen LogP contribution is 2.24. The number of pyridine rings is 1. The molecular formula is C36H43N4O2S2+. The summed E-state index contributed by atoms with van der Waals surface area (Å²) in [5, 5.41) is 20.1. The summed E-state index contributed by atoms with van der Waals surface area (Å²) in [6.07, 6.45) is 21.7. The molecule has 0 amide bonds. The van der Waals surface area contributed by atoms with Gasteiger partial charge in [0.25, 0.3) is 0 Å². The van der Waals surface area contributed by atoms with Crippen LogP contribution in [0, 0.1) is 0 Å². The molecule has 0 saturated heterocycles. The number of aliphatic hydroxyl groups is 2. The van der Waals surface area contributed by atoms with Gasteiger partial charge in [0, 0.05) is 68.4 Å². The first-order valence-electron chi connectivity index (χ1n) is 14.6. The van der Waals surface area contributed by atoms with Crippen LogP contribution in [0.3, 0.4) is 0 Å².